The Bertz CT molecular complexity index is 1050. The van der Waals surface area contributed by atoms with Gasteiger partial charge in [0, 0.05) is 18.3 Å². The average Bonchev–Trinajstić information content (AvgIpc) is 2.71. The SMILES string of the molecule is CC(C)CN1C(=O)CSc2cnn(CC(=O)Nc3ccc4c(c3)OCCO4)c(=O)c21. The Morgan fingerprint density at radius 3 is 2.77 bits per heavy atom. The van der Waals surface area contributed by atoms with Gasteiger partial charge in [0.05, 0.1) is 16.8 Å². The number of rotatable bonds is 5. The summed E-state index contributed by atoms with van der Waals surface area (Å²) in [5.41, 5.74) is 0.375. The van der Waals surface area contributed by atoms with Crippen LogP contribution in [-0.2, 0) is 16.1 Å². The van der Waals surface area contributed by atoms with Crippen molar-refractivity contribution in [1.82, 2.24) is 9.78 Å². The van der Waals surface area contributed by atoms with Crippen molar-refractivity contribution in [2.24, 2.45) is 5.92 Å². The average molecular weight is 430 g/mol. The molecule has 0 radical (unpaired) electrons. The molecule has 0 bridgehead atoms. The lowest BCUT2D eigenvalue weighted by Crippen LogP contribution is -2.44. The number of benzene rings is 1. The Labute approximate surface area is 177 Å². The highest BCUT2D eigenvalue weighted by molar-refractivity contribution is 8.00. The molecule has 0 atom stereocenters. The summed E-state index contributed by atoms with van der Waals surface area (Å²) >= 11 is 1.29. The van der Waals surface area contributed by atoms with Crippen LogP contribution in [0.4, 0.5) is 11.4 Å². The van der Waals surface area contributed by atoms with Crippen molar-refractivity contribution in [2.45, 2.75) is 25.3 Å². The zero-order chi connectivity index (χ0) is 21.3. The van der Waals surface area contributed by atoms with Gasteiger partial charge in [-0.15, -0.1) is 11.8 Å². The van der Waals surface area contributed by atoms with E-state index in [4.69, 9.17) is 9.47 Å². The van der Waals surface area contributed by atoms with E-state index >= 15 is 0 Å². The van der Waals surface area contributed by atoms with E-state index in [-0.39, 0.29) is 24.1 Å². The van der Waals surface area contributed by atoms with E-state index in [9.17, 15) is 14.4 Å². The number of nitrogens with one attached hydrogen (secondary N) is 1. The molecule has 30 heavy (non-hydrogen) atoms. The molecule has 0 unspecified atom stereocenters. The van der Waals surface area contributed by atoms with Crippen LogP contribution in [-0.4, -0.2) is 47.1 Å². The molecule has 1 aromatic heterocycles. The third-order valence-corrected chi connectivity index (χ3v) is 5.57. The van der Waals surface area contributed by atoms with Crippen molar-refractivity contribution in [2.75, 3.05) is 35.7 Å². The smallest absolute Gasteiger partial charge is 0.292 e. The number of hydrogen-bond acceptors (Lipinski definition) is 7. The van der Waals surface area contributed by atoms with Crippen molar-refractivity contribution in [3.8, 4) is 11.5 Å². The molecule has 1 aromatic carbocycles. The third kappa shape index (κ3) is 4.13. The monoisotopic (exact) mass is 430 g/mol. The van der Waals surface area contributed by atoms with E-state index in [1.165, 1.54) is 16.7 Å². The number of carbonyl (C=O) groups excluding carboxylic acids is 2. The van der Waals surface area contributed by atoms with E-state index in [0.29, 0.717) is 47.5 Å². The van der Waals surface area contributed by atoms with Crippen molar-refractivity contribution in [3.63, 3.8) is 0 Å². The summed E-state index contributed by atoms with van der Waals surface area (Å²) in [5, 5.41) is 6.86. The Morgan fingerprint density at radius 1 is 1.23 bits per heavy atom. The van der Waals surface area contributed by atoms with Crippen LogP contribution >= 0.6 is 11.8 Å². The second-order valence-corrected chi connectivity index (χ2v) is 8.43. The maximum Gasteiger partial charge on any atom is 0.292 e. The molecular weight excluding hydrogens is 408 g/mol. The highest BCUT2D eigenvalue weighted by Gasteiger charge is 2.29. The normalized spacial score (nSPS) is 15.2. The minimum atomic E-state index is -0.453. The maximum atomic E-state index is 13.0. The minimum Gasteiger partial charge on any atom is -0.486 e. The molecular formula is C20H22N4O5S. The van der Waals surface area contributed by atoms with Gasteiger partial charge in [0.2, 0.25) is 11.8 Å². The first kappa shape index (κ1) is 20.3. The molecule has 0 fully saturated rings. The van der Waals surface area contributed by atoms with Gasteiger partial charge in [-0.1, -0.05) is 13.8 Å². The number of fused-ring (bicyclic) bond motifs is 2. The van der Waals surface area contributed by atoms with Crippen molar-refractivity contribution >= 4 is 35.0 Å². The molecule has 9 nitrogen and oxygen atoms in total. The van der Waals surface area contributed by atoms with Gasteiger partial charge in [-0.05, 0) is 18.1 Å². The maximum absolute atomic E-state index is 13.0. The van der Waals surface area contributed by atoms with E-state index in [0.717, 1.165) is 4.68 Å². The summed E-state index contributed by atoms with van der Waals surface area (Å²) in [6.07, 6.45) is 1.54. The van der Waals surface area contributed by atoms with Gasteiger partial charge in [0.25, 0.3) is 5.56 Å². The van der Waals surface area contributed by atoms with E-state index in [2.05, 4.69) is 10.4 Å². The minimum absolute atomic E-state index is 0.114. The summed E-state index contributed by atoms with van der Waals surface area (Å²) in [7, 11) is 0. The van der Waals surface area contributed by atoms with Gasteiger partial charge in [-0.3, -0.25) is 14.4 Å². The second kappa shape index (κ2) is 8.39. The largest absolute Gasteiger partial charge is 0.486 e. The van der Waals surface area contributed by atoms with Crippen molar-refractivity contribution in [1.29, 1.82) is 0 Å². The van der Waals surface area contributed by atoms with Gasteiger partial charge in [-0.25, -0.2) is 4.68 Å². The number of carbonyl (C=O) groups is 2. The predicted octanol–water partition coefficient (Wildman–Crippen LogP) is 1.75. The molecule has 2 aromatic rings. The molecule has 158 valence electrons. The lowest BCUT2D eigenvalue weighted by atomic mass is 10.2. The molecule has 2 amide bonds. The van der Waals surface area contributed by atoms with Crippen LogP contribution in [0.5, 0.6) is 11.5 Å². The quantitative estimate of drug-likeness (QED) is 0.771. The topological polar surface area (TPSA) is 103 Å². The molecule has 2 aliphatic heterocycles. The molecule has 2 aliphatic rings. The third-order valence-electron chi connectivity index (χ3n) is 4.57. The van der Waals surface area contributed by atoms with Crippen LogP contribution in [0.2, 0.25) is 0 Å². The van der Waals surface area contributed by atoms with Gasteiger partial charge in [-0.2, -0.15) is 5.10 Å². The van der Waals surface area contributed by atoms with Gasteiger partial charge >= 0.3 is 0 Å². The Kier molecular flexibility index (Phi) is 5.67. The van der Waals surface area contributed by atoms with Crippen LogP contribution < -0.4 is 25.2 Å². The summed E-state index contributed by atoms with van der Waals surface area (Å²) in [5.74, 6) is 1.13. The van der Waals surface area contributed by atoms with Crippen LogP contribution in [0.15, 0.2) is 34.1 Å². The predicted molar refractivity (Wildman–Crippen MR) is 112 cm³/mol. The first-order chi connectivity index (χ1) is 14.4. The Balaban J connectivity index is 1.54. The first-order valence-corrected chi connectivity index (χ1v) is 10.6. The Hall–Kier alpha value is -3.01. The molecule has 10 heteroatoms. The molecule has 0 saturated heterocycles. The summed E-state index contributed by atoms with van der Waals surface area (Å²) in [4.78, 5) is 40.1. The van der Waals surface area contributed by atoms with Crippen LogP contribution in [0, 0.1) is 5.92 Å². The standard InChI is InChI=1S/C20H22N4O5S/c1-12(2)9-23-18(26)11-30-16-8-21-24(20(27)19(16)23)10-17(25)22-13-3-4-14-15(7-13)29-6-5-28-14/h3-4,7-8,12H,5-6,9-11H2,1-2H3,(H,22,25). The molecule has 4 rings (SSSR count). The molecule has 0 saturated carbocycles. The lowest BCUT2D eigenvalue weighted by Gasteiger charge is -2.29. The van der Waals surface area contributed by atoms with E-state index in [1.807, 2.05) is 13.8 Å². The number of nitrogens with zero attached hydrogens (tertiary/aromatic N) is 3. The summed E-state index contributed by atoms with van der Waals surface area (Å²) < 4.78 is 12.1. The van der Waals surface area contributed by atoms with Gasteiger partial charge < -0.3 is 19.7 Å². The molecule has 0 aliphatic carbocycles. The fourth-order valence-corrected chi connectivity index (χ4v) is 4.18. The zero-order valence-corrected chi connectivity index (χ0v) is 17.5. The molecule has 3 heterocycles. The fraction of sp³-hybridized carbons (Fsp3) is 0.400. The number of ether oxygens (including phenoxy) is 2. The van der Waals surface area contributed by atoms with Crippen molar-refractivity contribution in [3.05, 3.63) is 34.7 Å². The zero-order valence-electron chi connectivity index (χ0n) is 16.7. The van der Waals surface area contributed by atoms with E-state index < -0.39 is 11.5 Å². The lowest BCUT2D eigenvalue weighted by molar-refractivity contribution is -0.117. The second-order valence-electron chi connectivity index (χ2n) is 7.41. The number of hydrogen-bond donors (Lipinski definition) is 1. The fourth-order valence-electron chi connectivity index (χ4n) is 3.29. The van der Waals surface area contributed by atoms with Gasteiger partial charge in [0.15, 0.2) is 11.5 Å². The highest BCUT2D eigenvalue weighted by Crippen LogP contribution is 2.33. The number of aromatic nitrogens is 2. The van der Waals surface area contributed by atoms with E-state index in [1.54, 1.807) is 24.4 Å². The molecule has 1 N–H and O–H groups in total. The van der Waals surface area contributed by atoms with Crippen LogP contribution in [0.3, 0.4) is 0 Å². The van der Waals surface area contributed by atoms with Gasteiger partial charge in [0.1, 0.15) is 25.4 Å². The number of anilines is 2. The first-order valence-electron chi connectivity index (χ1n) is 9.65. The summed E-state index contributed by atoms with van der Waals surface area (Å²) in [6, 6.07) is 5.10. The van der Waals surface area contributed by atoms with Crippen LogP contribution in [0.1, 0.15) is 13.8 Å². The van der Waals surface area contributed by atoms with Crippen LogP contribution in [0.25, 0.3) is 0 Å². The number of thioether (sulfide) groups is 1. The van der Waals surface area contributed by atoms with Crippen molar-refractivity contribution < 1.29 is 19.1 Å². The highest BCUT2D eigenvalue weighted by atomic mass is 32.2. The Morgan fingerprint density at radius 2 is 2.00 bits per heavy atom. The molecule has 0 spiro atoms. The number of amides is 2. The summed E-state index contributed by atoms with van der Waals surface area (Å²) in [6.45, 7) is 5.07.